The number of rotatable bonds is 11. The summed E-state index contributed by atoms with van der Waals surface area (Å²) in [5.74, 6) is -0.821. The number of halogens is 3. The minimum atomic E-state index is -3.87. The van der Waals surface area contributed by atoms with Gasteiger partial charge in [-0.05, 0) is 64.2 Å². The topological polar surface area (TPSA) is 86.8 Å². The fourth-order valence-electron chi connectivity index (χ4n) is 5.18. The monoisotopic (exact) mass is 693 g/mol. The Balaban J connectivity index is 1.75. The number of anilines is 1. The van der Waals surface area contributed by atoms with E-state index in [1.54, 1.807) is 42.5 Å². The molecule has 3 aromatic rings. The van der Waals surface area contributed by atoms with Gasteiger partial charge < -0.3 is 10.2 Å². The highest BCUT2D eigenvalue weighted by molar-refractivity contribution is 9.10. The normalized spacial score (nSPS) is 14.7. The Labute approximate surface area is 266 Å². The number of benzene rings is 3. The number of carbonyl (C=O) groups is 2. The second-order valence-electron chi connectivity index (χ2n) is 10.5. The van der Waals surface area contributed by atoms with Crippen LogP contribution in [0.4, 0.5) is 5.69 Å². The average molecular weight is 696 g/mol. The fraction of sp³-hybridized carbons (Fsp3) is 0.355. The molecule has 0 radical (unpaired) electrons. The lowest BCUT2D eigenvalue weighted by Gasteiger charge is -2.35. The molecule has 42 heavy (non-hydrogen) atoms. The number of sulfonamides is 1. The van der Waals surface area contributed by atoms with E-state index < -0.39 is 28.5 Å². The van der Waals surface area contributed by atoms with E-state index >= 15 is 0 Å². The molecule has 0 saturated heterocycles. The van der Waals surface area contributed by atoms with Crippen molar-refractivity contribution in [1.29, 1.82) is 0 Å². The third kappa shape index (κ3) is 8.72. The molecule has 0 aliphatic heterocycles. The Kier molecular flexibility index (Phi) is 11.3. The van der Waals surface area contributed by atoms with Crippen LogP contribution in [0.3, 0.4) is 0 Å². The molecule has 0 bridgehead atoms. The summed E-state index contributed by atoms with van der Waals surface area (Å²) in [6.45, 7) is -0.521. The molecule has 1 atom stereocenters. The number of hydrogen-bond acceptors (Lipinski definition) is 4. The summed E-state index contributed by atoms with van der Waals surface area (Å²) in [6, 6.07) is 20.3. The van der Waals surface area contributed by atoms with Gasteiger partial charge in [-0.25, -0.2) is 8.42 Å². The minimum Gasteiger partial charge on any atom is -0.352 e. The SMILES string of the molecule is CS(=O)(=O)N(CC(=O)N(Cc1ccc(Cl)cc1Cl)[C@@H](Cc1ccccc1)C(=O)NC1CCCCC1)c1ccccc1Br. The van der Waals surface area contributed by atoms with Crippen molar-refractivity contribution in [2.45, 2.75) is 57.2 Å². The predicted octanol–water partition coefficient (Wildman–Crippen LogP) is 6.61. The fourth-order valence-corrected chi connectivity index (χ4v) is 7.13. The van der Waals surface area contributed by atoms with E-state index in [0.717, 1.165) is 48.2 Å². The molecular weight excluding hydrogens is 661 g/mol. The van der Waals surface area contributed by atoms with Crippen LogP contribution in [-0.4, -0.2) is 50.0 Å². The van der Waals surface area contributed by atoms with E-state index in [1.165, 1.54) is 4.90 Å². The lowest BCUT2D eigenvalue weighted by Crippen LogP contribution is -2.55. The Morgan fingerprint density at radius 2 is 1.64 bits per heavy atom. The van der Waals surface area contributed by atoms with Crippen LogP contribution in [0.25, 0.3) is 0 Å². The van der Waals surface area contributed by atoms with Crippen molar-refractivity contribution < 1.29 is 18.0 Å². The van der Waals surface area contributed by atoms with E-state index in [1.807, 2.05) is 30.3 Å². The first-order chi connectivity index (χ1) is 20.0. The maximum absolute atomic E-state index is 14.3. The molecule has 1 saturated carbocycles. The van der Waals surface area contributed by atoms with Gasteiger partial charge in [-0.1, -0.05) is 91.0 Å². The summed E-state index contributed by atoms with van der Waals surface area (Å²) in [7, 11) is -3.87. The summed E-state index contributed by atoms with van der Waals surface area (Å²) in [5, 5.41) is 3.97. The molecule has 0 heterocycles. The standard InChI is InChI=1S/C31H34BrCl2N3O4S/c1-42(40,41)37(28-15-9-8-14-26(28)32)21-30(38)36(20-23-16-17-24(33)19-27(23)34)29(18-22-10-4-2-5-11-22)31(39)35-25-12-6-3-7-13-25/h2,4-5,8-11,14-17,19,25,29H,3,6-7,12-13,18,20-21H2,1H3,(H,35,39)/t29-/m0/s1. The smallest absolute Gasteiger partial charge is 0.244 e. The zero-order valence-electron chi connectivity index (χ0n) is 23.3. The molecule has 0 spiro atoms. The van der Waals surface area contributed by atoms with Gasteiger partial charge in [0.1, 0.15) is 12.6 Å². The highest BCUT2D eigenvalue weighted by atomic mass is 79.9. The van der Waals surface area contributed by atoms with E-state index in [-0.39, 0.29) is 24.9 Å². The molecular formula is C31H34BrCl2N3O4S. The van der Waals surface area contributed by atoms with E-state index in [2.05, 4.69) is 21.2 Å². The van der Waals surface area contributed by atoms with Crippen LogP contribution in [0.15, 0.2) is 77.3 Å². The third-order valence-electron chi connectivity index (χ3n) is 7.38. The number of amides is 2. The number of nitrogens with one attached hydrogen (secondary N) is 1. The average Bonchev–Trinajstić information content (AvgIpc) is 2.95. The third-order valence-corrected chi connectivity index (χ3v) is 9.76. The summed E-state index contributed by atoms with van der Waals surface area (Å²) < 4.78 is 27.5. The Morgan fingerprint density at radius 1 is 0.976 bits per heavy atom. The molecule has 224 valence electrons. The van der Waals surface area contributed by atoms with Gasteiger partial charge in [0.2, 0.25) is 21.8 Å². The highest BCUT2D eigenvalue weighted by Gasteiger charge is 2.34. The van der Waals surface area contributed by atoms with Crippen molar-refractivity contribution in [2.24, 2.45) is 0 Å². The van der Waals surface area contributed by atoms with E-state index in [4.69, 9.17) is 23.2 Å². The molecule has 4 rings (SSSR count). The quantitative estimate of drug-likeness (QED) is 0.245. The zero-order chi connectivity index (χ0) is 30.3. The molecule has 1 N–H and O–H groups in total. The summed E-state index contributed by atoms with van der Waals surface area (Å²) in [6.07, 6.45) is 6.26. The number of carbonyl (C=O) groups excluding carboxylic acids is 2. The van der Waals surface area contributed by atoms with Gasteiger partial charge in [0.05, 0.1) is 11.9 Å². The first-order valence-corrected chi connectivity index (χ1v) is 17.2. The Hall–Kier alpha value is -2.59. The lowest BCUT2D eigenvalue weighted by molar-refractivity contribution is -0.140. The van der Waals surface area contributed by atoms with Crippen LogP contribution < -0.4 is 9.62 Å². The number of para-hydroxylation sites is 1. The summed E-state index contributed by atoms with van der Waals surface area (Å²) >= 11 is 16.1. The van der Waals surface area contributed by atoms with Gasteiger partial charge in [-0.3, -0.25) is 13.9 Å². The molecule has 1 fully saturated rings. The van der Waals surface area contributed by atoms with Gasteiger partial charge in [0, 0.05) is 33.5 Å². The molecule has 7 nitrogen and oxygen atoms in total. The van der Waals surface area contributed by atoms with Crippen LogP contribution in [0, 0.1) is 0 Å². The van der Waals surface area contributed by atoms with E-state index in [0.29, 0.717) is 25.8 Å². The molecule has 3 aromatic carbocycles. The van der Waals surface area contributed by atoms with Crippen LogP contribution in [0.1, 0.15) is 43.2 Å². The minimum absolute atomic E-state index is 0.0159. The van der Waals surface area contributed by atoms with Crippen molar-refractivity contribution in [3.63, 3.8) is 0 Å². The molecule has 2 amide bonds. The van der Waals surface area contributed by atoms with Gasteiger partial charge in [0.25, 0.3) is 0 Å². The first kappa shape index (κ1) is 32.3. The highest BCUT2D eigenvalue weighted by Crippen LogP contribution is 2.29. The number of hydrogen-bond donors (Lipinski definition) is 1. The molecule has 1 aliphatic rings. The van der Waals surface area contributed by atoms with Crippen molar-refractivity contribution in [3.8, 4) is 0 Å². The molecule has 1 aliphatic carbocycles. The van der Waals surface area contributed by atoms with Crippen LogP contribution in [0.2, 0.25) is 10.0 Å². The van der Waals surface area contributed by atoms with Crippen molar-refractivity contribution in [2.75, 3.05) is 17.1 Å². The zero-order valence-corrected chi connectivity index (χ0v) is 27.2. The van der Waals surface area contributed by atoms with Gasteiger partial charge in [-0.15, -0.1) is 0 Å². The Morgan fingerprint density at radius 3 is 2.29 bits per heavy atom. The van der Waals surface area contributed by atoms with Crippen molar-refractivity contribution in [3.05, 3.63) is 98.4 Å². The van der Waals surface area contributed by atoms with E-state index in [9.17, 15) is 18.0 Å². The predicted molar refractivity (Wildman–Crippen MR) is 172 cm³/mol. The second kappa shape index (κ2) is 14.7. The first-order valence-electron chi connectivity index (χ1n) is 13.8. The molecule has 11 heteroatoms. The maximum atomic E-state index is 14.3. The molecule has 0 aromatic heterocycles. The van der Waals surface area contributed by atoms with Crippen LogP contribution >= 0.6 is 39.1 Å². The van der Waals surface area contributed by atoms with Gasteiger partial charge in [0.15, 0.2) is 0 Å². The van der Waals surface area contributed by atoms with Crippen LogP contribution in [0.5, 0.6) is 0 Å². The van der Waals surface area contributed by atoms with Crippen molar-refractivity contribution in [1.82, 2.24) is 10.2 Å². The lowest BCUT2D eigenvalue weighted by atomic mass is 9.94. The van der Waals surface area contributed by atoms with Gasteiger partial charge >= 0.3 is 0 Å². The largest absolute Gasteiger partial charge is 0.352 e. The van der Waals surface area contributed by atoms with Crippen molar-refractivity contribution >= 4 is 66.7 Å². The van der Waals surface area contributed by atoms with Gasteiger partial charge in [-0.2, -0.15) is 0 Å². The second-order valence-corrected chi connectivity index (χ2v) is 14.1. The molecule has 0 unspecified atom stereocenters. The summed E-state index contributed by atoms with van der Waals surface area (Å²) in [4.78, 5) is 29.7. The van der Waals surface area contributed by atoms with Crippen LogP contribution in [-0.2, 0) is 32.6 Å². The maximum Gasteiger partial charge on any atom is 0.244 e. The number of nitrogens with zero attached hydrogens (tertiary/aromatic N) is 2. The Bertz CT molecular complexity index is 1500. The summed E-state index contributed by atoms with van der Waals surface area (Å²) in [5.41, 5.74) is 1.78.